The number of carboxylic acids is 1. The average molecular weight is 278 g/mol. The molecule has 0 saturated heterocycles. The van der Waals surface area contributed by atoms with Crippen molar-refractivity contribution in [2.45, 2.75) is 12.1 Å². The van der Waals surface area contributed by atoms with E-state index in [0.29, 0.717) is 0 Å². The van der Waals surface area contributed by atoms with E-state index in [1.165, 1.54) is 11.4 Å². The van der Waals surface area contributed by atoms with E-state index in [1.54, 1.807) is 11.4 Å². The molecule has 1 amide bonds. The van der Waals surface area contributed by atoms with Gasteiger partial charge in [-0.3, -0.25) is 14.4 Å². The van der Waals surface area contributed by atoms with Crippen molar-refractivity contribution in [2.24, 2.45) is 0 Å². The number of aliphatic carboxylic acids is 1. The lowest BCUT2D eigenvalue weighted by Crippen LogP contribution is -2.35. The average Bonchev–Trinajstić information content (AvgIpc) is 2.86. The number of thiophene rings is 1. The highest BCUT2D eigenvalue weighted by atomic mass is 32.2. The fraction of sp³-hybridized carbons (Fsp3) is 0.300. The Balaban J connectivity index is 2.92. The first-order valence-electron chi connectivity index (χ1n) is 6.75. The standard InChI is InChI=1S/C10H11NO4S2/c1-6(9(14)11-5-8(12)13)17-10(15)7-3-2-4-16-7/h2-4,6H,5H2,1H3,(H,11,14)(H,12,13)/i1D3,5D2. The molecule has 0 spiro atoms. The maximum Gasteiger partial charge on any atom is 0.322 e. The van der Waals surface area contributed by atoms with Crippen molar-refractivity contribution in [3.05, 3.63) is 22.4 Å². The van der Waals surface area contributed by atoms with Gasteiger partial charge in [0, 0.05) is 4.11 Å². The highest BCUT2D eigenvalue weighted by Crippen LogP contribution is 2.21. The number of carbonyl (C=O) groups is 3. The number of carbonyl (C=O) groups excluding carboxylic acids is 2. The van der Waals surface area contributed by atoms with Crippen molar-refractivity contribution in [1.29, 1.82) is 0 Å². The van der Waals surface area contributed by atoms with Crippen LogP contribution in [0.25, 0.3) is 0 Å². The summed E-state index contributed by atoms with van der Waals surface area (Å²) in [4.78, 5) is 34.6. The molecule has 7 heteroatoms. The Morgan fingerprint density at radius 3 is 3.00 bits per heavy atom. The number of amides is 1. The zero-order chi connectivity index (χ0) is 17.1. The lowest BCUT2D eigenvalue weighted by Gasteiger charge is -2.08. The Morgan fingerprint density at radius 2 is 2.47 bits per heavy atom. The van der Waals surface area contributed by atoms with Crippen LogP contribution in [-0.2, 0) is 9.59 Å². The molecule has 0 radical (unpaired) electrons. The van der Waals surface area contributed by atoms with Gasteiger partial charge in [-0.15, -0.1) is 11.3 Å². The van der Waals surface area contributed by atoms with E-state index in [2.05, 4.69) is 0 Å². The molecule has 0 aliphatic rings. The fourth-order valence-corrected chi connectivity index (χ4v) is 2.20. The molecule has 1 heterocycles. The van der Waals surface area contributed by atoms with Crippen molar-refractivity contribution in [3.8, 4) is 0 Å². The van der Waals surface area contributed by atoms with Crippen LogP contribution in [0, 0.1) is 0 Å². The minimum absolute atomic E-state index is 0.207. The SMILES string of the molecule is [2H]C([2H])(NC(=O)C(SC(=O)c1cccs1)C([2H])([2H])[2H])C(=O)O. The van der Waals surface area contributed by atoms with Gasteiger partial charge in [-0.1, -0.05) is 17.8 Å². The van der Waals surface area contributed by atoms with Gasteiger partial charge >= 0.3 is 5.97 Å². The summed E-state index contributed by atoms with van der Waals surface area (Å²) in [6.07, 6.45) is 0. The van der Waals surface area contributed by atoms with Gasteiger partial charge in [-0.2, -0.15) is 0 Å². The highest BCUT2D eigenvalue weighted by Gasteiger charge is 2.19. The molecule has 5 nitrogen and oxygen atoms in total. The molecule has 1 rings (SSSR count). The third-order valence-electron chi connectivity index (χ3n) is 1.48. The van der Waals surface area contributed by atoms with E-state index in [4.69, 9.17) is 12.0 Å². The summed E-state index contributed by atoms with van der Waals surface area (Å²) in [5.74, 6) is -3.36. The quantitative estimate of drug-likeness (QED) is 0.846. The van der Waals surface area contributed by atoms with Crippen LogP contribution in [0.5, 0.6) is 0 Å². The summed E-state index contributed by atoms with van der Waals surface area (Å²) in [5.41, 5.74) is 0. The lowest BCUT2D eigenvalue weighted by atomic mass is 10.4. The zero-order valence-corrected chi connectivity index (χ0v) is 9.93. The van der Waals surface area contributed by atoms with Gasteiger partial charge in [0.05, 0.1) is 12.9 Å². The molecule has 0 aromatic carbocycles. The predicted octanol–water partition coefficient (Wildman–Crippen LogP) is 1.21. The Hall–Kier alpha value is -1.34. The Bertz CT molecular complexity index is 572. The number of thioether (sulfide) groups is 1. The molecular weight excluding hydrogens is 262 g/mol. The van der Waals surface area contributed by atoms with Crippen LogP contribution in [-0.4, -0.2) is 33.8 Å². The molecule has 0 aliphatic heterocycles. The van der Waals surface area contributed by atoms with Crippen molar-refractivity contribution in [1.82, 2.24) is 5.32 Å². The van der Waals surface area contributed by atoms with Gasteiger partial charge in [-0.25, -0.2) is 0 Å². The Kier molecular flexibility index (Phi) is 2.97. The minimum atomic E-state index is -3.13. The van der Waals surface area contributed by atoms with Gasteiger partial charge < -0.3 is 10.4 Å². The van der Waals surface area contributed by atoms with E-state index in [9.17, 15) is 14.4 Å². The Morgan fingerprint density at radius 1 is 1.71 bits per heavy atom. The molecule has 0 bridgehead atoms. The van der Waals surface area contributed by atoms with Crippen LogP contribution < -0.4 is 5.32 Å². The normalized spacial score (nSPS) is 17.8. The molecule has 0 aliphatic carbocycles. The van der Waals surface area contributed by atoms with E-state index in [0.717, 1.165) is 11.3 Å². The van der Waals surface area contributed by atoms with Gasteiger partial charge in [0.2, 0.25) is 11.0 Å². The molecule has 2 N–H and O–H groups in total. The van der Waals surface area contributed by atoms with Crippen molar-refractivity contribution < 1.29 is 26.3 Å². The third-order valence-corrected chi connectivity index (χ3v) is 3.36. The van der Waals surface area contributed by atoms with E-state index >= 15 is 0 Å². The molecule has 1 aromatic heterocycles. The number of hydrogen-bond acceptors (Lipinski definition) is 5. The summed E-state index contributed by atoms with van der Waals surface area (Å²) in [7, 11) is 0. The minimum Gasteiger partial charge on any atom is -0.480 e. The zero-order valence-electron chi connectivity index (χ0n) is 13.3. The number of carboxylic acid groups (broad SMARTS) is 1. The van der Waals surface area contributed by atoms with Crippen molar-refractivity contribution >= 4 is 40.1 Å². The summed E-state index contributed by atoms with van der Waals surface area (Å²) >= 11 is 1.27. The maximum atomic E-state index is 11.9. The third kappa shape index (κ3) is 4.58. The predicted molar refractivity (Wildman–Crippen MR) is 66.3 cm³/mol. The number of rotatable bonds is 5. The topological polar surface area (TPSA) is 83.5 Å². The second kappa shape index (κ2) is 6.41. The van der Waals surface area contributed by atoms with Crippen molar-refractivity contribution in [3.63, 3.8) is 0 Å². The highest BCUT2D eigenvalue weighted by molar-refractivity contribution is 8.15. The monoisotopic (exact) mass is 278 g/mol. The molecule has 1 aromatic rings. The second-order valence-corrected chi connectivity index (χ2v) is 4.71. The van der Waals surface area contributed by atoms with Gasteiger partial charge in [-0.05, 0) is 18.3 Å². The molecule has 17 heavy (non-hydrogen) atoms. The molecular formula is C10H11NO4S2. The molecule has 0 saturated carbocycles. The molecule has 1 unspecified atom stereocenters. The second-order valence-electron chi connectivity index (χ2n) is 2.68. The summed E-state index contributed by atoms with van der Waals surface area (Å²) in [6.45, 7) is -6.04. The largest absolute Gasteiger partial charge is 0.480 e. The molecule has 1 atom stereocenters. The van der Waals surface area contributed by atoms with Crippen LogP contribution in [0.3, 0.4) is 0 Å². The molecule has 0 fully saturated rings. The fourth-order valence-electron chi connectivity index (χ4n) is 0.794. The maximum absolute atomic E-state index is 11.9. The summed E-state index contributed by atoms with van der Waals surface area (Å²) in [6, 6.07) is 3.02. The Labute approximate surface area is 113 Å². The van der Waals surface area contributed by atoms with E-state index < -0.39 is 35.6 Å². The van der Waals surface area contributed by atoms with Gasteiger partial charge in [0.1, 0.15) is 6.50 Å². The number of nitrogens with one attached hydrogen (secondary N) is 1. The molecule has 92 valence electrons. The van der Waals surface area contributed by atoms with Gasteiger partial charge in [0.25, 0.3) is 0 Å². The van der Waals surface area contributed by atoms with Crippen LogP contribution in [0.4, 0.5) is 0 Å². The number of hydrogen-bond donors (Lipinski definition) is 2. The first-order chi connectivity index (χ1) is 9.95. The van der Waals surface area contributed by atoms with Crippen LogP contribution in [0.15, 0.2) is 17.5 Å². The smallest absolute Gasteiger partial charge is 0.322 e. The summed E-state index contributed by atoms with van der Waals surface area (Å²) in [5, 5.41) is 9.10. The first-order valence-corrected chi connectivity index (χ1v) is 6.01. The van der Waals surface area contributed by atoms with E-state index in [-0.39, 0.29) is 16.6 Å². The van der Waals surface area contributed by atoms with Crippen LogP contribution in [0.2, 0.25) is 0 Å². The summed E-state index contributed by atoms with van der Waals surface area (Å²) < 4.78 is 36.0. The van der Waals surface area contributed by atoms with E-state index in [1.807, 2.05) is 0 Å². The van der Waals surface area contributed by atoms with Crippen molar-refractivity contribution in [2.75, 3.05) is 6.50 Å². The van der Waals surface area contributed by atoms with Crippen LogP contribution in [0.1, 0.15) is 23.4 Å². The van der Waals surface area contributed by atoms with Gasteiger partial charge in [0.15, 0.2) is 0 Å². The first kappa shape index (κ1) is 7.88. The van der Waals surface area contributed by atoms with Crippen LogP contribution >= 0.6 is 23.1 Å². The lowest BCUT2D eigenvalue weighted by molar-refractivity contribution is -0.137.